The van der Waals surface area contributed by atoms with Crippen molar-refractivity contribution in [2.45, 2.75) is 25.5 Å². The van der Waals surface area contributed by atoms with Gasteiger partial charge in [-0.2, -0.15) is 0 Å². The molecule has 2 heterocycles. The van der Waals surface area contributed by atoms with Gasteiger partial charge in [-0.05, 0) is 46.2 Å². The average Bonchev–Trinajstić information content (AvgIpc) is 2.99. The van der Waals surface area contributed by atoms with Gasteiger partial charge in [0, 0.05) is 25.1 Å². The summed E-state index contributed by atoms with van der Waals surface area (Å²) in [5.41, 5.74) is 9.50. The van der Waals surface area contributed by atoms with Gasteiger partial charge in [0.2, 0.25) is 5.95 Å². The number of nitrogens with two attached hydrogens (primary N) is 1. The van der Waals surface area contributed by atoms with Crippen LogP contribution in [-0.4, -0.2) is 54.8 Å². The minimum absolute atomic E-state index is 0.192. The molecule has 1 aromatic heterocycles. The second-order valence-corrected chi connectivity index (χ2v) is 6.19. The van der Waals surface area contributed by atoms with Crippen molar-refractivity contribution in [3.8, 4) is 5.75 Å². The van der Waals surface area contributed by atoms with E-state index in [1.165, 1.54) is 5.56 Å². The van der Waals surface area contributed by atoms with Gasteiger partial charge >= 0.3 is 0 Å². The minimum Gasteiger partial charge on any atom is -0.488 e. The predicted octanol–water partition coefficient (Wildman–Crippen LogP) is 1.09. The molecule has 3 rings (SSSR count). The maximum absolute atomic E-state index is 6.14. The zero-order chi connectivity index (χ0) is 15.7. The van der Waals surface area contributed by atoms with Gasteiger partial charge in [-0.25, -0.2) is 4.98 Å². The Balaban J connectivity index is 1.93. The van der Waals surface area contributed by atoms with Crippen LogP contribution >= 0.6 is 0 Å². The van der Waals surface area contributed by atoms with Crippen molar-refractivity contribution in [1.29, 1.82) is 0 Å². The number of benzene rings is 1. The van der Waals surface area contributed by atoms with Crippen LogP contribution < -0.4 is 15.8 Å². The van der Waals surface area contributed by atoms with Crippen LogP contribution in [0, 0.1) is 0 Å². The van der Waals surface area contributed by atoms with Gasteiger partial charge in [-0.15, -0.1) is 0 Å². The van der Waals surface area contributed by atoms with Crippen molar-refractivity contribution in [1.82, 2.24) is 19.8 Å². The molecule has 1 aliphatic heterocycles. The molecule has 6 nitrogen and oxygen atoms in total. The number of anilines is 1. The Morgan fingerprint density at radius 3 is 3.00 bits per heavy atom. The Morgan fingerprint density at radius 1 is 1.45 bits per heavy atom. The van der Waals surface area contributed by atoms with Crippen LogP contribution in [0.2, 0.25) is 0 Å². The van der Waals surface area contributed by atoms with E-state index in [1.54, 1.807) is 0 Å². The highest BCUT2D eigenvalue weighted by Crippen LogP contribution is 2.36. The number of ether oxygens (including phenoxy) is 1. The summed E-state index contributed by atoms with van der Waals surface area (Å²) in [7, 11) is 6.12. The zero-order valence-corrected chi connectivity index (χ0v) is 13.6. The van der Waals surface area contributed by atoms with Gasteiger partial charge in [0.1, 0.15) is 11.9 Å². The fourth-order valence-corrected chi connectivity index (χ4v) is 3.16. The summed E-state index contributed by atoms with van der Waals surface area (Å²) in [6, 6.07) is 4.03. The lowest BCUT2D eigenvalue weighted by atomic mass is 10.1. The van der Waals surface area contributed by atoms with Crippen molar-refractivity contribution in [3.63, 3.8) is 0 Å². The monoisotopic (exact) mass is 303 g/mol. The van der Waals surface area contributed by atoms with Crippen LogP contribution in [0.25, 0.3) is 11.0 Å². The molecule has 1 aromatic carbocycles. The van der Waals surface area contributed by atoms with E-state index >= 15 is 0 Å². The van der Waals surface area contributed by atoms with E-state index < -0.39 is 0 Å². The molecule has 2 aromatic rings. The van der Waals surface area contributed by atoms with Crippen LogP contribution in [0.3, 0.4) is 0 Å². The maximum Gasteiger partial charge on any atom is 0.201 e. The third-order valence-corrected chi connectivity index (χ3v) is 4.14. The molecule has 0 bridgehead atoms. The number of imidazole rings is 1. The summed E-state index contributed by atoms with van der Waals surface area (Å²) in [5.74, 6) is 1.57. The molecule has 120 valence electrons. The molecule has 0 aliphatic carbocycles. The molecule has 0 saturated carbocycles. The van der Waals surface area contributed by atoms with E-state index in [-0.39, 0.29) is 6.10 Å². The van der Waals surface area contributed by atoms with Crippen molar-refractivity contribution in [3.05, 3.63) is 17.7 Å². The standard InChI is InChI=1S/C16H25N5O/c1-18-10-11-9-12-14(22-11)6-5-13-15(12)21(16(17)19-13)8-4-7-20(2)3/h5-6,11,18H,4,7-10H2,1-3H3,(H2,17,19). The highest BCUT2D eigenvalue weighted by molar-refractivity contribution is 5.84. The van der Waals surface area contributed by atoms with Gasteiger partial charge < -0.3 is 25.3 Å². The second-order valence-electron chi connectivity index (χ2n) is 6.19. The Morgan fingerprint density at radius 2 is 2.27 bits per heavy atom. The van der Waals surface area contributed by atoms with Crippen LogP contribution in [0.15, 0.2) is 12.1 Å². The number of aromatic nitrogens is 2. The van der Waals surface area contributed by atoms with Crippen LogP contribution in [0.4, 0.5) is 5.95 Å². The number of hydrogen-bond acceptors (Lipinski definition) is 5. The number of rotatable bonds is 6. The molecule has 1 unspecified atom stereocenters. The first-order valence-corrected chi connectivity index (χ1v) is 7.83. The van der Waals surface area contributed by atoms with Crippen molar-refractivity contribution in [2.24, 2.45) is 0 Å². The number of nitrogens with one attached hydrogen (secondary N) is 1. The maximum atomic E-state index is 6.14. The highest BCUT2D eigenvalue weighted by Gasteiger charge is 2.26. The fraction of sp³-hybridized carbons (Fsp3) is 0.562. The fourth-order valence-electron chi connectivity index (χ4n) is 3.16. The highest BCUT2D eigenvalue weighted by atomic mass is 16.5. The molecule has 1 aliphatic rings. The van der Waals surface area contributed by atoms with Crippen LogP contribution in [0.5, 0.6) is 5.75 Å². The lowest BCUT2D eigenvalue weighted by molar-refractivity contribution is 0.231. The van der Waals surface area contributed by atoms with Crippen LogP contribution in [0.1, 0.15) is 12.0 Å². The summed E-state index contributed by atoms with van der Waals surface area (Å²) in [6.07, 6.45) is 2.15. The van der Waals surface area contributed by atoms with Crippen molar-refractivity contribution in [2.75, 3.05) is 40.0 Å². The number of fused-ring (bicyclic) bond motifs is 3. The number of hydrogen-bond donors (Lipinski definition) is 2. The van der Waals surface area contributed by atoms with Gasteiger partial charge in [-0.1, -0.05) is 0 Å². The molecule has 0 amide bonds. The predicted molar refractivity (Wildman–Crippen MR) is 89.4 cm³/mol. The molecule has 0 saturated heterocycles. The summed E-state index contributed by atoms with van der Waals surface area (Å²) in [6.45, 7) is 2.76. The molecule has 0 radical (unpaired) electrons. The quantitative estimate of drug-likeness (QED) is 0.836. The van der Waals surface area contributed by atoms with Crippen molar-refractivity contribution >= 4 is 17.0 Å². The van der Waals surface area contributed by atoms with Crippen LogP contribution in [-0.2, 0) is 13.0 Å². The number of nitrogens with zero attached hydrogens (tertiary/aromatic N) is 3. The summed E-state index contributed by atoms with van der Waals surface area (Å²) >= 11 is 0. The van der Waals surface area contributed by atoms with Gasteiger partial charge in [0.05, 0.1) is 11.0 Å². The first-order valence-electron chi connectivity index (χ1n) is 7.83. The topological polar surface area (TPSA) is 68.3 Å². The summed E-state index contributed by atoms with van der Waals surface area (Å²) < 4.78 is 8.15. The third-order valence-electron chi connectivity index (χ3n) is 4.14. The van der Waals surface area contributed by atoms with E-state index in [0.717, 1.165) is 49.3 Å². The largest absolute Gasteiger partial charge is 0.488 e. The van der Waals surface area contributed by atoms with E-state index in [1.807, 2.05) is 19.2 Å². The Bertz CT molecular complexity index is 664. The lowest BCUT2D eigenvalue weighted by Crippen LogP contribution is -2.27. The molecule has 22 heavy (non-hydrogen) atoms. The zero-order valence-electron chi connectivity index (χ0n) is 13.6. The van der Waals surface area contributed by atoms with E-state index in [0.29, 0.717) is 5.95 Å². The van der Waals surface area contributed by atoms with Gasteiger partial charge in [0.25, 0.3) is 0 Å². The van der Waals surface area contributed by atoms with Crippen molar-refractivity contribution < 1.29 is 4.74 Å². The van der Waals surface area contributed by atoms with E-state index in [4.69, 9.17) is 10.5 Å². The normalized spacial score (nSPS) is 17.2. The van der Waals surface area contributed by atoms with E-state index in [2.05, 4.69) is 33.9 Å². The molecular weight excluding hydrogens is 278 g/mol. The van der Waals surface area contributed by atoms with E-state index in [9.17, 15) is 0 Å². The Hall–Kier alpha value is -1.79. The molecule has 3 N–H and O–H groups in total. The summed E-state index contributed by atoms with van der Waals surface area (Å²) in [4.78, 5) is 6.70. The molecular formula is C16H25N5O. The number of likely N-dealkylation sites (N-methyl/N-ethyl adjacent to an activating group) is 1. The number of aryl methyl sites for hydroxylation is 1. The lowest BCUT2D eigenvalue weighted by Gasteiger charge is -2.12. The number of nitrogen functional groups attached to an aromatic ring is 1. The smallest absolute Gasteiger partial charge is 0.201 e. The van der Waals surface area contributed by atoms with Gasteiger partial charge in [-0.3, -0.25) is 0 Å². The Labute approximate surface area is 131 Å². The average molecular weight is 303 g/mol. The second kappa shape index (κ2) is 6.14. The Kier molecular flexibility index (Phi) is 4.22. The molecule has 0 spiro atoms. The minimum atomic E-state index is 0.192. The first-order chi connectivity index (χ1) is 10.6. The van der Waals surface area contributed by atoms with Gasteiger partial charge in [0.15, 0.2) is 0 Å². The SMILES string of the molecule is CNCC1Cc2c(ccc3nc(N)n(CCCN(C)C)c23)O1. The molecule has 1 atom stereocenters. The molecule has 0 fully saturated rings. The summed E-state index contributed by atoms with van der Waals surface area (Å²) in [5, 5.41) is 3.18. The third kappa shape index (κ3) is 2.76. The first kappa shape index (κ1) is 15.1. The molecule has 6 heteroatoms.